The van der Waals surface area contributed by atoms with Crippen LogP contribution in [0.15, 0.2) is 24.3 Å². The molecule has 9 heteroatoms. The van der Waals surface area contributed by atoms with Gasteiger partial charge in [0, 0.05) is 9.90 Å². The van der Waals surface area contributed by atoms with Crippen molar-refractivity contribution in [3.8, 4) is 5.69 Å². The van der Waals surface area contributed by atoms with Gasteiger partial charge in [0.1, 0.15) is 5.00 Å². The quantitative estimate of drug-likeness (QED) is 0.575. The maximum atomic E-state index is 13.0. The number of carbonyl (C=O) groups is 2. The Balaban J connectivity index is 1.97. The van der Waals surface area contributed by atoms with Gasteiger partial charge in [-0.15, -0.1) is 16.4 Å². The van der Waals surface area contributed by atoms with Crippen LogP contribution in [-0.2, 0) is 11.2 Å². The zero-order valence-electron chi connectivity index (χ0n) is 16.6. The van der Waals surface area contributed by atoms with E-state index in [-0.39, 0.29) is 5.69 Å². The van der Waals surface area contributed by atoms with E-state index in [9.17, 15) is 9.59 Å². The number of halogens is 1. The molecule has 0 aliphatic carbocycles. The number of benzene rings is 1. The Morgan fingerprint density at radius 3 is 2.55 bits per heavy atom. The standard InChI is InChI=1S/C20H21ClN4O3S/c1-5-6-15-17(23-24-25(15)14-9-7-13(21)8-10-14)18(26)22-19-16(20(27)28-4)11(2)12(3)29-19/h7-10H,5-6H2,1-4H3,(H,22,26). The number of amides is 1. The summed E-state index contributed by atoms with van der Waals surface area (Å²) in [5, 5.41) is 12.2. The van der Waals surface area contributed by atoms with Gasteiger partial charge in [-0.1, -0.05) is 30.2 Å². The van der Waals surface area contributed by atoms with E-state index in [2.05, 4.69) is 15.6 Å². The fourth-order valence-corrected chi connectivity index (χ4v) is 4.12. The molecule has 0 unspecified atom stereocenters. The predicted molar refractivity (Wildman–Crippen MR) is 113 cm³/mol. The lowest BCUT2D eigenvalue weighted by molar-refractivity contribution is 0.0601. The zero-order chi connectivity index (χ0) is 21.1. The molecule has 0 fully saturated rings. The Bertz CT molecular complexity index is 1060. The number of esters is 1. The van der Waals surface area contributed by atoms with Crippen molar-refractivity contribution in [3.05, 3.63) is 56.7 Å². The van der Waals surface area contributed by atoms with Crippen molar-refractivity contribution in [3.63, 3.8) is 0 Å². The van der Waals surface area contributed by atoms with E-state index in [4.69, 9.17) is 16.3 Å². The summed E-state index contributed by atoms with van der Waals surface area (Å²) in [5.74, 6) is -0.902. The fraction of sp³-hybridized carbons (Fsp3) is 0.300. The Morgan fingerprint density at radius 2 is 1.93 bits per heavy atom. The summed E-state index contributed by atoms with van der Waals surface area (Å²) >= 11 is 7.30. The summed E-state index contributed by atoms with van der Waals surface area (Å²) < 4.78 is 6.51. The minimum atomic E-state index is -0.485. The van der Waals surface area contributed by atoms with Crippen LogP contribution < -0.4 is 5.32 Å². The summed E-state index contributed by atoms with van der Waals surface area (Å²) in [6, 6.07) is 7.15. The number of ether oxygens (including phenoxy) is 1. The van der Waals surface area contributed by atoms with Gasteiger partial charge in [-0.05, 0) is 50.1 Å². The molecule has 0 radical (unpaired) electrons. The van der Waals surface area contributed by atoms with Gasteiger partial charge in [-0.3, -0.25) is 4.79 Å². The molecule has 0 bridgehead atoms. The SMILES string of the molecule is CCCc1c(C(=O)Nc2sc(C)c(C)c2C(=O)OC)nnn1-c1ccc(Cl)cc1. The van der Waals surface area contributed by atoms with Gasteiger partial charge >= 0.3 is 5.97 Å². The maximum Gasteiger partial charge on any atom is 0.341 e. The van der Waals surface area contributed by atoms with Gasteiger partial charge in [-0.2, -0.15) is 0 Å². The van der Waals surface area contributed by atoms with Crippen LogP contribution in [0.25, 0.3) is 5.69 Å². The van der Waals surface area contributed by atoms with E-state index in [0.29, 0.717) is 27.7 Å². The van der Waals surface area contributed by atoms with Crippen molar-refractivity contribution in [2.45, 2.75) is 33.6 Å². The molecule has 1 aromatic carbocycles. The lowest BCUT2D eigenvalue weighted by Gasteiger charge is -2.08. The van der Waals surface area contributed by atoms with Gasteiger partial charge in [0.05, 0.1) is 24.1 Å². The minimum absolute atomic E-state index is 0.223. The van der Waals surface area contributed by atoms with Crippen LogP contribution in [-0.4, -0.2) is 34.0 Å². The Labute approximate surface area is 177 Å². The van der Waals surface area contributed by atoms with Crippen molar-refractivity contribution >= 4 is 39.8 Å². The van der Waals surface area contributed by atoms with Crippen LogP contribution in [0, 0.1) is 13.8 Å². The Morgan fingerprint density at radius 1 is 1.24 bits per heavy atom. The molecule has 0 aliphatic heterocycles. The van der Waals surface area contributed by atoms with E-state index < -0.39 is 11.9 Å². The molecule has 1 N–H and O–H groups in total. The number of aryl methyl sites for hydroxylation is 1. The number of anilines is 1. The number of rotatable bonds is 6. The van der Waals surface area contributed by atoms with Crippen molar-refractivity contribution < 1.29 is 14.3 Å². The fourth-order valence-electron chi connectivity index (χ4n) is 2.95. The lowest BCUT2D eigenvalue weighted by atomic mass is 10.1. The molecular formula is C20H21ClN4O3S. The average molecular weight is 433 g/mol. The average Bonchev–Trinajstić information content (AvgIpc) is 3.23. The molecule has 7 nitrogen and oxygen atoms in total. The Hall–Kier alpha value is -2.71. The second-order valence-corrected chi connectivity index (χ2v) is 8.12. The van der Waals surface area contributed by atoms with E-state index >= 15 is 0 Å². The monoisotopic (exact) mass is 432 g/mol. The molecule has 1 amide bonds. The summed E-state index contributed by atoms with van der Waals surface area (Å²) in [6.07, 6.45) is 1.43. The molecule has 0 saturated heterocycles. The van der Waals surface area contributed by atoms with Crippen molar-refractivity contribution in [1.29, 1.82) is 0 Å². The first-order chi connectivity index (χ1) is 13.9. The minimum Gasteiger partial charge on any atom is -0.465 e. The third kappa shape index (κ3) is 4.18. The molecule has 3 rings (SSSR count). The van der Waals surface area contributed by atoms with E-state index in [1.807, 2.05) is 32.9 Å². The summed E-state index contributed by atoms with van der Waals surface area (Å²) in [4.78, 5) is 26.1. The maximum absolute atomic E-state index is 13.0. The van der Waals surface area contributed by atoms with Crippen molar-refractivity contribution in [2.24, 2.45) is 0 Å². The topological polar surface area (TPSA) is 86.1 Å². The summed E-state index contributed by atoms with van der Waals surface area (Å²) in [6.45, 7) is 5.73. The molecule has 2 aromatic heterocycles. The predicted octanol–water partition coefficient (Wildman–Crippen LogP) is 4.59. The third-order valence-corrected chi connectivity index (χ3v) is 5.91. The van der Waals surface area contributed by atoms with Crippen molar-refractivity contribution in [2.75, 3.05) is 12.4 Å². The number of methoxy groups -OCH3 is 1. The van der Waals surface area contributed by atoms with Crippen LogP contribution in [0.2, 0.25) is 5.02 Å². The highest BCUT2D eigenvalue weighted by molar-refractivity contribution is 7.16. The van der Waals surface area contributed by atoms with E-state index in [0.717, 1.165) is 22.5 Å². The number of nitrogens with one attached hydrogen (secondary N) is 1. The highest BCUT2D eigenvalue weighted by Crippen LogP contribution is 2.33. The molecular weight excluding hydrogens is 412 g/mol. The highest BCUT2D eigenvalue weighted by atomic mass is 35.5. The first kappa shape index (κ1) is 21.0. The molecule has 0 spiro atoms. The first-order valence-corrected chi connectivity index (χ1v) is 10.3. The summed E-state index contributed by atoms with van der Waals surface area (Å²) in [5.41, 5.74) is 2.84. The van der Waals surface area contributed by atoms with Gasteiger partial charge in [0.15, 0.2) is 5.69 Å². The second kappa shape index (κ2) is 8.75. The molecule has 2 heterocycles. The van der Waals surface area contributed by atoms with Crippen LogP contribution in [0.4, 0.5) is 5.00 Å². The lowest BCUT2D eigenvalue weighted by Crippen LogP contribution is -2.17. The summed E-state index contributed by atoms with van der Waals surface area (Å²) in [7, 11) is 1.32. The second-order valence-electron chi connectivity index (χ2n) is 6.46. The normalized spacial score (nSPS) is 10.8. The largest absolute Gasteiger partial charge is 0.465 e. The molecule has 3 aromatic rings. The van der Waals surface area contributed by atoms with E-state index in [1.54, 1.807) is 16.8 Å². The number of nitrogens with zero attached hydrogens (tertiary/aromatic N) is 3. The zero-order valence-corrected chi connectivity index (χ0v) is 18.1. The van der Waals surface area contributed by atoms with Crippen molar-refractivity contribution in [1.82, 2.24) is 15.0 Å². The number of hydrogen-bond acceptors (Lipinski definition) is 6. The van der Waals surface area contributed by atoms with Crippen LogP contribution >= 0.6 is 22.9 Å². The molecule has 0 saturated carbocycles. The molecule has 29 heavy (non-hydrogen) atoms. The van der Waals surface area contributed by atoms with Gasteiger partial charge in [0.2, 0.25) is 0 Å². The van der Waals surface area contributed by atoms with Crippen LogP contribution in [0.1, 0.15) is 50.3 Å². The molecule has 0 aliphatic rings. The first-order valence-electron chi connectivity index (χ1n) is 9.07. The molecule has 0 atom stereocenters. The van der Waals surface area contributed by atoms with Crippen LogP contribution in [0.5, 0.6) is 0 Å². The smallest absolute Gasteiger partial charge is 0.341 e. The Kier molecular flexibility index (Phi) is 6.34. The number of thiophene rings is 1. The third-order valence-electron chi connectivity index (χ3n) is 4.54. The van der Waals surface area contributed by atoms with Gasteiger partial charge in [0.25, 0.3) is 5.91 Å². The number of hydrogen-bond donors (Lipinski definition) is 1. The van der Waals surface area contributed by atoms with Gasteiger partial charge in [-0.25, -0.2) is 9.48 Å². The number of aromatic nitrogens is 3. The van der Waals surface area contributed by atoms with E-state index in [1.165, 1.54) is 18.4 Å². The van der Waals surface area contributed by atoms with Crippen LogP contribution in [0.3, 0.4) is 0 Å². The molecule has 152 valence electrons. The van der Waals surface area contributed by atoms with Gasteiger partial charge < -0.3 is 10.1 Å². The highest BCUT2D eigenvalue weighted by Gasteiger charge is 2.25. The number of carbonyl (C=O) groups excluding carboxylic acids is 2.